The fraction of sp³-hybridized carbons (Fsp3) is 0.438. The van der Waals surface area contributed by atoms with Crippen LogP contribution in [0.3, 0.4) is 0 Å². The Morgan fingerprint density at radius 1 is 1.07 bits per heavy atom. The Hall–Kier alpha value is -3.95. The topological polar surface area (TPSA) is 142 Å². The molecule has 1 amide bonds. The summed E-state index contributed by atoms with van der Waals surface area (Å²) in [6.07, 6.45) is 0.960. The van der Waals surface area contributed by atoms with Gasteiger partial charge in [-0.1, -0.05) is 18.2 Å². The largest absolute Gasteiger partial charge is 0.497 e. The van der Waals surface area contributed by atoms with Gasteiger partial charge in [-0.2, -0.15) is 4.31 Å². The quantitative estimate of drug-likeness (QED) is 0.309. The lowest BCUT2D eigenvalue weighted by Gasteiger charge is -2.33. The lowest BCUT2D eigenvalue weighted by Crippen LogP contribution is -2.43. The van der Waals surface area contributed by atoms with E-state index in [4.69, 9.17) is 18.9 Å². The van der Waals surface area contributed by atoms with Crippen LogP contribution >= 0.6 is 0 Å². The zero-order chi connectivity index (χ0) is 32.8. The molecule has 0 bridgehead atoms. The molecule has 2 aromatic carbocycles. The molecule has 248 valence electrons. The van der Waals surface area contributed by atoms with Crippen LogP contribution in [-0.4, -0.2) is 104 Å². The van der Waals surface area contributed by atoms with Crippen molar-refractivity contribution in [2.24, 2.45) is 7.05 Å². The molecule has 0 spiro atoms. The van der Waals surface area contributed by atoms with Crippen LogP contribution in [0, 0.1) is 6.92 Å². The summed E-state index contributed by atoms with van der Waals surface area (Å²) in [4.78, 5) is 29.1. The monoisotopic (exact) mass is 656 g/mol. The second kappa shape index (κ2) is 14.6. The van der Waals surface area contributed by atoms with Crippen molar-refractivity contribution in [3.63, 3.8) is 0 Å². The number of amides is 1. The molecule has 2 aliphatic heterocycles. The number of nitrogens with zero attached hydrogens (tertiary/aromatic N) is 4. The first-order valence-electron chi connectivity index (χ1n) is 15.1. The van der Waals surface area contributed by atoms with Gasteiger partial charge in [-0.05, 0) is 49.4 Å². The second-order valence-corrected chi connectivity index (χ2v) is 12.9. The number of morpholine rings is 1. The van der Waals surface area contributed by atoms with Crippen molar-refractivity contribution in [2.75, 3.05) is 59.7 Å². The van der Waals surface area contributed by atoms with Gasteiger partial charge in [0.2, 0.25) is 16.3 Å². The highest BCUT2D eigenvalue weighted by molar-refractivity contribution is 7.89. The SMILES string of the molecule is COc1ccc(S(=O)(=O)N(CCO)CCOC2CC(c3c(C)n(C)n(-c4ccccc4)c3=O)C=C(C(=O)N3CCOCC3)O2)cc1. The fourth-order valence-corrected chi connectivity index (χ4v) is 7.11. The van der Waals surface area contributed by atoms with E-state index in [2.05, 4.69) is 0 Å². The zero-order valence-corrected chi connectivity index (χ0v) is 27.0. The van der Waals surface area contributed by atoms with E-state index >= 15 is 0 Å². The number of methoxy groups -OCH3 is 1. The van der Waals surface area contributed by atoms with Crippen molar-refractivity contribution >= 4 is 15.9 Å². The Balaban J connectivity index is 1.39. The summed E-state index contributed by atoms with van der Waals surface area (Å²) in [6.45, 7) is 2.77. The van der Waals surface area contributed by atoms with Crippen molar-refractivity contribution in [1.82, 2.24) is 18.6 Å². The Morgan fingerprint density at radius 2 is 1.76 bits per heavy atom. The van der Waals surface area contributed by atoms with Crippen LogP contribution in [0.15, 0.2) is 76.1 Å². The molecule has 46 heavy (non-hydrogen) atoms. The van der Waals surface area contributed by atoms with E-state index in [0.29, 0.717) is 43.3 Å². The highest BCUT2D eigenvalue weighted by Crippen LogP contribution is 2.33. The van der Waals surface area contributed by atoms with Crippen molar-refractivity contribution in [1.29, 1.82) is 0 Å². The summed E-state index contributed by atoms with van der Waals surface area (Å²) in [6, 6.07) is 15.3. The van der Waals surface area contributed by atoms with E-state index in [1.54, 1.807) is 32.5 Å². The Kier molecular flexibility index (Phi) is 10.6. The number of rotatable bonds is 12. The highest BCUT2D eigenvalue weighted by Gasteiger charge is 2.35. The third-order valence-corrected chi connectivity index (χ3v) is 10.1. The molecule has 1 fully saturated rings. The predicted molar refractivity (Wildman–Crippen MR) is 168 cm³/mol. The van der Waals surface area contributed by atoms with Crippen LogP contribution in [0.1, 0.15) is 23.6 Å². The van der Waals surface area contributed by atoms with Crippen LogP contribution in [0.2, 0.25) is 0 Å². The maximum Gasteiger partial charge on any atom is 0.288 e. The third-order valence-electron chi connectivity index (χ3n) is 8.23. The van der Waals surface area contributed by atoms with Crippen LogP contribution in [0.4, 0.5) is 0 Å². The number of para-hydroxylation sites is 1. The molecule has 14 heteroatoms. The smallest absolute Gasteiger partial charge is 0.288 e. The number of hydrogen-bond donors (Lipinski definition) is 1. The molecular formula is C32H40N4O9S. The number of aliphatic hydroxyl groups is 1. The van der Waals surface area contributed by atoms with E-state index < -0.39 is 22.2 Å². The highest BCUT2D eigenvalue weighted by atomic mass is 32.2. The van der Waals surface area contributed by atoms with Gasteiger partial charge in [-0.3, -0.25) is 14.3 Å². The Labute approximate surface area is 268 Å². The van der Waals surface area contributed by atoms with E-state index in [0.717, 1.165) is 10.00 Å². The third kappa shape index (κ3) is 7.05. The molecule has 0 saturated carbocycles. The molecule has 1 aromatic heterocycles. The van der Waals surface area contributed by atoms with Crippen LogP contribution in [-0.2, 0) is 36.1 Å². The summed E-state index contributed by atoms with van der Waals surface area (Å²) < 4.78 is 53.9. The number of aliphatic hydroxyl groups excluding tert-OH is 1. The molecule has 2 unspecified atom stereocenters. The van der Waals surface area contributed by atoms with Gasteiger partial charge < -0.3 is 29.0 Å². The summed E-state index contributed by atoms with van der Waals surface area (Å²) in [5.41, 5.74) is 1.74. The van der Waals surface area contributed by atoms with Crippen LogP contribution < -0.4 is 10.3 Å². The van der Waals surface area contributed by atoms with Crippen molar-refractivity contribution in [3.05, 3.63) is 88.0 Å². The molecule has 13 nitrogen and oxygen atoms in total. The van der Waals surface area contributed by atoms with Crippen LogP contribution in [0.25, 0.3) is 5.69 Å². The summed E-state index contributed by atoms with van der Waals surface area (Å²) in [5.74, 6) is -0.267. The first kappa shape index (κ1) is 33.4. The number of hydrogen-bond acceptors (Lipinski definition) is 9. The minimum atomic E-state index is -3.96. The number of aromatic nitrogens is 2. The average molecular weight is 657 g/mol. The Bertz CT molecular complexity index is 1700. The molecular weight excluding hydrogens is 616 g/mol. The standard InChI is InChI=1S/C32H40N4O9S/c1-23-30(32(39)36(33(23)2)25-7-5-4-6-8-25)24-21-28(31(38)34-14-18-43-19-15-34)45-29(22-24)44-20-16-35(13-17-37)46(40,41)27-11-9-26(42-3)10-12-27/h4-12,21,24,29,37H,13-20,22H2,1-3H3. The minimum Gasteiger partial charge on any atom is -0.497 e. The van der Waals surface area contributed by atoms with Gasteiger partial charge in [0, 0.05) is 56.8 Å². The summed E-state index contributed by atoms with van der Waals surface area (Å²) >= 11 is 0. The number of benzene rings is 2. The van der Waals surface area contributed by atoms with Crippen LogP contribution in [0.5, 0.6) is 5.75 Å². The zero-order valence-electron chi connectivity index (χ0n) is 26.2. The van der Waals surface area contributed by atoms with Gasteiger partial charge in [-0.15, -0.1) is 0 Å². The number of carbonyl (C=O) groups excluding carboxylic acids is 1. The van der Waals surface area contributed by atoms with E-state index in [1.807, 2.05) is 44.3 Å². The molecule has 5 rings (SSSR count). The molecule has 1 N–H and O–H groups in total. The fourth-order valence-electron chi connectivity index (χ4n) is 5.70. The van der Waals surface area contributed by atoms with Crippen molar-refractivity contribution < 1.29 is 37.3 Å². The maximum atomic E-state index is 13.9. The predicted octanol–water partition coefficient (Wildman–Crippen LogP) is 1.77. The van der Waals surface area contributed by atoms with Gasteiger partial charge in [0.05, 0.1) is 44.1 Å². The summed E-state index contributed by atoms with van der Waals surface area (Å²) in [5, 5.41) is 9.63. The molecule has 1 saturated heterocycles. The summed E-state index contributed by atoms with van der Waals surface area (Å²) in [7, 11) is -0.659. The lowest BCUT2D eigenvalue weighted by atomic mass is 9.93. The molecule has 3 heterocycles. The van der Waals surface area contributed by atoms with Gasteiger partial charge in [-0.25, -0.2) is 13.1 Å². The van der Waals surface area contributed by atoms with Gasteiger partial charge in [0.15, 0.2) is 5.76 Å². The first-order valence-corrected chi connectivity index (χ1v) is 16.6. The second-order valence-electron chi connectivity index (χ2n) is 11.0. The van der Waals surface area contributed by atoms with Crippen molar-refractivity contribution in [3.8, 4) is 11.4 Å². The maximum absolute atomic E-state index is 13.9. The van der Waals surface area contributed by atoms with Gasteiger partial charge >= 0.3 is 0 Å². The number of sulfonamides is 1. The molecule has 0 aliphatic carbocycles. The van der Waals surface area contributed by atoms with E-state index in [9.17, 15) is 23.1 Å². The average Bonchev–Trinajstić information content (AvgIpc) is 3.31. The van der Waals surface area contributed by atoms with Crippen molar-refractivity contribution in [2.45, 2.75) is 30.4 Å². The molecule has 0 radical (unpaired) electrons. The lowest BCUT2D eigenvalue weighted by molar-refractivity contribution is -0.155. The molecule has 2 aliphatic rings. The van der Waals surface area contributed by atoms with E-state index in [-0.39, 0.29) is 54.8 Å². The Morgan fingerprint density at radius 3 is 2.41 bits per heavy atom. The molecule has 2 atom stereocenters. The normalized spacial score (nSPS) is 18.7. The number of ether oxygens (including phenoxy) is 4. The minimum absolute atomic E-state index is 0.0475. The van der Waals surface area contributed by atoms with E-state index in [1.165, 1.54) is 19.2 Å². The van der Waals surface area contributed by atoms with Gasteiger partial charge in [0.1, 0.15) is 5.75 Å². The first-order chi connectivity index (χ1) is 22.1. The van der Waals surface area contributed by atoms with Gasteiger partial charge in [0.25, 0.3) is 11.5 Å². The number of carbonyl (C=O) groups is 1. The number of allylic oxidation sites excluding steroid dienone is 1. The molecule has 3 aromatic rings.